The number of unbranched alkanes of at least 4 members (excludes halogenated alkanes) is 18. The summed E-state index contributed by atoms with van der Waals surface area (Å²) in [6.45, 7) is 4.83. The number of hydrogen-bond acceptors (Lipinski definition) is 7. The number of ether oxygens (including phenoxy) is 2. The van der Waals surface area contributed by atoms with E-state index >= 15 is 0 Å². The van der Waals surface area contributed by atoms with Gasteiger partial charge < -0.3 is 20.1 Å². The van der Waals surface area contributed by atoms with E-state index in [9.17, 15) is 14.3 Å². The second-order valence-electron chi connectivity index (χ2n) is 13.5. The molecular weight excluding hydrogens is 661 g/mol. The van der Waals surface area contributed by atoms with Crippen LogP contribution in [0.3, 0.4) is 0 Å². The van der Waals surface area contributed by atoms with E-state index < -0.39 is 13.9 Å². The molecule has 3 N–H and O–H groups in total. The molecule has 0 radical (unpaired) electrons. The minimum atomic E-state index is -4.28. The number of esters is 1. The second-order valence-corrected chi connectivity index (χ2v) is 14.9. The molecule has 8 nitrogen and oxygen atoms in total. The smallest absolute Gasteiger partial charge is 0.457 e. The van der Waals surface area contributed by atoms with Crippen LogP contribution in [0, 0.1) is 0 Å². The number of phosphoric ester groups is 1. The van der Waals surface area contributed by atoms with E-state index in [1.165, 1.54) is 96.3 Å². The molecule has 0 aromatic carbocycles. The van der Waals surface area contributed by atoms with Crippen molar-refractivity contribution in [3.8, 4) is 0 Å². The first-order chi connectivity index (χ1) is 24.9. The molecule has 0 aliphatic rings. The van der Waals surface area contributed by atoms with Crippen LogP contribution in [-0.2, 0) is 27.9 Å². The summed E-state index contributed by atoms with van der Waals surface area (Å²) in [5.74, 6) is -0.346. The van der Waals surface area contributed by atoms with Crippen molar-refractivity contribution in [2.45, 2.75) is 180 Å². The van der Waals surface area contributed by atoms with Gasteiger partial charge in [-0.15, -0.1) is 0 Å². The van der Waals surface area contributed by atoms with Crippen molar-refractivity contribution in [2.75, 3.05) is 33.0 Å². The summed E-state index contributed by atoms with van der Waals surface area (Å²) in [4.78, 5) is 22.4. The Labute approximate surface area is 313 Å². The van der Waals surface area contributed by atoms with Crippen molar-refractivity contribution in [3.63, 3.8) is 0 Å². The van der Waals surface area contributed by atoms with Crippen LogP contribution < -0.4 is 5.73 Å². The lowest BCUT2D eigenvalue weighted by molar-refractivity contribution is -0.154. The third kappa shape index (κ3) is 39.5. The van der Waals surface area contributed by atoms with E-state index in [1.807, 2.05) is 0 Å². The van der Waals surface area contributed by atoms with Crippen LogP contribution in [0.1, 0.15) is 174 Å². The maximum absolute atomic E-state index is 12.6. The van der Waals surface area contributed by atoms with Crippen LogP contribution in [0.25, 0.3) is 0 Å². The molecule has 9 heteroatoms. The number of hydrogen-bond donors (Lipinski definition) is 2. The minimum absolute atomic E-state index is 0.0955. The van der Waals surface area contributed by atoms with Gasteiger partial charge in [0.05, 0.1) is 19.8 Å². The molecule has 0 spiro atoms. The van der Waals surface area contributed by atoms with Gasteiger partial charge in [0.1, 0.15) is 6.10 Å². The molecule has 0 rings (SSSR count). The van der Waals surface area contributed by atoms with Crippen LogP contribution in [0.4, 0.5) is 0 Å². The molecule has 0 aliphatic carbocycles. The van der Waals surface area contributed by atoms with Gasteiger partial charge in [-0.3, -0.25) is 13.8 Å². The molecule has 0 aromatic heterocycles. The Hall–Kier alpha value is -1.54. The van der Waals surface area contributed by atoms with Gasteiger partial charge in [0.2, 0.25) is 0 Å². The Balaban J connectivity index is 4.09. The van der Waals surface area contributed by atoms with Crippen LogP contribution in [0.5, 0.6) is 0 Å². The normalized spacial score (nSPS) is 14.0. The molecule has 2 unspecified atom stereocenters. The second kappa shape index (κ2) is 39.7. The lowest BCUT2D eigenvalue weighted by atomic mass is 10.1. The Morgan fingerprint density at radius 1 is 0.588 bits per heavy atom. The van der Waals surface area contributed by atoms with E-state index in [-0.39, 0.29) is 32.3 Å². The van der Waals surface area contributed by atoms with Crippen LogP contribution >= 0.6 is 7.82 Å². The first-order valence-electron chi connectivity index (χ1n) is 20.6. The van der Waals surface area contributed by atoms with Crippen LogP contribution in [0.15, 0.2) is 48.6 Å². The van der Waals surface area contributed by atoms with E-state index in [0.717, 1.165) is 57.8 Å². The van der Waals surface area contributed by atoms with Crippen molar-refractivity contribution in [1.82, 2.24) is 0 Å². The van der Waals surface area contributed by atoms with Gasteiger partial charge in [0.15, 0.2) is 0 Å². The number of carbonyl (C=O) groups is 1. The van der Waals surface area contributed by atoms with Gasteiger partial charge in [0, 0.05) is 19.6 Å². The van der Waals surface area contributed by atoms with Gasteiger partial charge in [0.25, 0.3) is 0 Å². The van der Waals surface area contributed by atoms with Crippen molar-refractivity contribution in [2.24, 2.45) is 5.73 Å². The maximum Gasteiger partial charge on any atom is 0.472 e. The zero-order valence-corrected chi connectivity index (χ0v) is 33.7. The topological polar surface area (TPSA) is 117 Å². The summed E-state index contributed by atoms with van der Waals surface area (Å²) in [5.41, 5.74) is 5.36. The molecule has 0 saturated heterocycles. The fourth-order valence-electron chi connectivity index (χ4n) is 5.41. The molecule has 298 valence electrons. The summed E-state index contributed by atoms with van der Waals surface area (Å²) in [6, 6.07) is 0. The van der Waals surface area contributed by atoms with Gasteiger partial charge in [-0.25, -0.2) is 4.57 Å². The van der Waals surface area contributed by atoms with Gasteiger partial charge in [-0.2, -0.15) is 0 Å². The van der Waals surface area contributed by atoms with Gasteiger partial charge >= 0.3 is 13.8 Å². The van der Waals surface area contributed by atoms with E-state index in [4.69, 9.17) is 24.3 Å². The first kappa shape index (κ1) is 49.5. The number of allylic oxidation sites excluding steroid dienone is 8. The Morgan fingerprint density at radius 2 is 1.04 bits per heavy atom. The zero-order chi connectivity index (χ0) is 37.4. The molecule has 0 amide bonds. The molecule has 51 heavy (non-hydrogen) atoms. The summed E-state index contributed by atoms with van der Waals surface area (Å²) in [7, 11) is -4.28. The summed E-state index contributed by atoms with van der Waals surface area (Å²) < 4.78 is 33.3. The molecule has 0 bridgehead atoms. The van der Waals surface area contributed by atoms with Gasteiger partial charge in [-0.1, -0.05) is 140 Å². The Kier molecular flexibility index (Phi) is 38.5. The number of phosphoric acid groups is 1. The predicted octanol–water partition coefficient (Wildman–Crippen LogP) is 12.0. The maximum atomic E-state index is 12.6. The van der Waals surface area contributed by atoms with Crippen LogP contribution in [0.2, 0.25) is 0 Å². The largest absolute Gasteiger partial charge is 0.472 e. The van der Waals surface area contributed by atoms with Crippen molar-refractivity contribution < 1.29 is 32.8 Å². The fraction of sp³-hybridized carbons (Fsp3) is 0.786. The van der Waals surface area contributed by atoms with Crippen LogP contribution in [-0.4, -0.2) is 49.9 Å². The van der Waals surface area contributed by atoms with E-state index in [2.05, 4.69) is 62.5 Å². The third-order valence-corrected chi connectivity index (χ3v) is 9.45. The molecule has 2 atom stereocenters. The summed E-state index contributed by atoms with van der Waals surface area (Å²) in [5, 5.41) is 0. The molecule has 0 aliphatic heterocycles. The molecule has 0 saturated carbocycles. The first-order valence-corrected chi connectivity index (χ1v) is 22.1. The van der Waals surface area contributed by atoms with Crippen molar-refractivity contribution >= 4 is 13.8 Å². The Morgan fingerprint density at radius 3 is 1.57 bits per heavy atom. The highest BCUT2D eigenvalue weighted by Crippen LogP contribution is 2.43. The fourth-order valence-corrected chi connectivity index (χ4v) is 6.17. The Bertz CT molecular complexity index is 921. The number of carbonyl (C=O) groups excluding carboxylic acids is 1. The van der Waals surface area contributed by atoms with Crippen molar-refractivity contribution in [1.29, 1.82) is 0 Å². The summed E-state index contributed by atoms with van der Waals surface area (Å²) in [6.07, 6.45) is 45.5. The molecule has 0 fully saturated rings. The number of rotatable bonds is 39. The van der Waals surface area contributed by atoms with E-state index in [0.29, 0.717) is 13.0 Å². The predicted molar refractivity (Wildman–Crippen MR) is 215 cm³/mol. The third-order valence-electron chi connectivity index (χ3n) is 8.47. The average Bonchev–Trinajstić information content (AvgIpc) is 3.12. The number of nitrogens with two attached hydrogens (primary N) is 1. The molecular formula is C42H78NO7P. The molecule has 0 heterocycles. The molecule has 0 aromatic rings. The minimum Gasteiger partial charge on any atom is -0.457 e. The lowest BCUT2D eigenvalue weighted by Gasteiger charge is -2.20. The lowest BCUT2D eigenvalue weighted by Crippen LogP contribution is -2.28. The highest BCUT2D eigenvalue weighted by atomic mass is 31.2. The quantitative estimate of drug-likeness (QED) is 0.0277. The van der Waals surface area contributed by atoms with E-state index in [1.54, 1.807) is 0 Å². The highest BCUT2D eigenvalue weighted by Gasteiger charge is 2.25. The highest BCUT2D eigenvalue weighted by molar-refractivity contribution is 7.47. The van der Waals surface area contributed by atoms with Crippen molar-refractivity contribution in [3.05, 3.63) is 48.6 Å². The zero-order valence-electron chi connectivity index (χ0n) is 32.8. The van der Waals surface area contributed by atoms with Gasteiger partial charge in [-0.05, 0) is 77.0 Å². The monoisotopic (exact) mass is 740 g/mol. The standard InChI is InChI=1S/C42H78NO7P/c1-3-5-7-9-11-13-15-17-18-19-20-21-22-23-25-27-29-31-33-35-42(44)50-41(40-49-51(45,46)48-38-36-43)39-47-37-34-32-30-28-26-24-16-14-12-10-8-6-4-2/h11-14,17-18,20-21,41H,3-10,15-16,19,22-40,43H2,1-2H3,(H,45,46)/b13-11-,14-12-,18-17-,21-20-. The average molecular weight is 740 g/mol. The SMILES string of the molecule is CCCCC/C=C\C/C=C\C/C=C\CCCCCCCCC(=O)OC(COCCCCCCCC/C=C\CCCCC)COP(=O)(O)OCCN. The summed E-state index contributed by atoms with van der Waals surface area (Å²) >= 11 is 0.